The van der Waals surface area contributed by atoms with Gasteiger partial charge in [-0.2, -0.15) is 13.7 Å². The van der Waals surface area contributed by atoms with Crippen LogP contribution in [0.5, 0.6) is 0 Å². The van der Waals surface area contributed by atoms with Gasteiger partial charge in [0.1, 0.15) is 5.75 Å². The summed E-state index contributed by atoms with van der Waals surface area (Å²) in [5.41, 5.74) is 0.577. The Labute approximate surface area is 76.2 Å². The molecule has 0 aromatic heterocycles. The molecule has 0 fully saturated rings. The lowest BCUT2D eigenvalue weighted by atomic mass is 10.1. The van der Waals surface area contributed by atoms with Crippen molar-refractivity contribution in [3.05, 3.63) is 35.4 Å². The third kappa shape index (κ3) is 2.86. The molecule has 0 spiro atoms. The molecule has 0 saturated carbocycles. The first-order chi connectivity index (χ1) is 6.03. The number of nitriles is 1. The average molecular weight is 197 g/mol. The van der Waals surface area contributed by atoms with E-state index in [1.165, 1.54) is 12.1 Å². The van der Waals surface area contributed by atoms with Gasteiger partial charge in [-0.15, -0.1) is 0 Å². The molecule has 0 bridgehead atoms. The van der Waals surface area contributed by atoms with Gasteiger partial charge in [-0.1, -0.05) is 18.2 Å². The van der Waals surface area contributed by atoms with Crippen molar-refractivity contribution >= 4 is 10.1 Å². The van der Waals surface area contributed by atoms with Crippen LogP contribution in [-0.2, 0) is 15.9 Å². The Balaban J connectivity index is 3.10. The second-order valence-corrected chi connectivity index (χ2v) is 3.95. The van der Waals surface area contributed by atoms with E-state index in [2.05, 4.69) is 0 Å². The van der Waals surface area contributed by atoms with E-state index in [0.717, 1.165) is 0 Å². The number of hydrogen-bond donors (Lipinski definition) is 1. The Morgan fingerprint density at radius 1 is 1.38 bits per heavy atom. The molecule has 0 amide bonds. The monoisotopic (exact) mass is 197 g/mol. The smallest absolute Gasteiger partial charge is 0.269 e. The lowest BCUT2D eigenvalue weighted by molar-refractivity contribution is 0.482. The molecule has 5 heteroatoms. The van der Waals surface area contributed by atoms with Gasteiger partial charge in [0, 0.05) is 0 Å². The zero-order valence-electron chi connectivity index (χ0n) is 6.64. The Kier molecular flexibility index (Phi) is 2.66. The highest BCUT2D eigenvalue weighted by Crippen LogP contribution is 2.10. The Hall–Kier alpha value is -1.38. The number of nitrogens with zero attached hydrogens (tertiary/aromatic N) is 1. The van der Waals surface area contributed by atoms with Gasteiger partial charge in [0.05, 0.1) is 11.6 Å². The van der Waals surface area contributed by atoms with Gasteiger partial charge >= 0.3 is 0 Å². The normalized spacial score (nSPS) is 10.8. The summed E-state index contributed by atoms with van der Waals surface area (Å²) < 4.78 is 29.6. The van der Waals surface area contributed by atoms with Crippen LogP contribution in [0.2, 0.25) is 0 Å². The van der Waals surface area contributed by atoms with Crippen LogP contribution in [0.25, 0.3) is 0 Å². The average Bonchev–Trinajstić information content (AvgIpc) is 2.02. The second-order valence-electron chi connectivity index (χ2n) is 2.50. The first-order valence-electron chi connectivity index (χ1n) is 3.46. The van der Waals surface area contributed by atoms with Crippen LogP contribution in [0, 0.1) is 11.3 Å². The van der Waals surface area contributed by atoms with E-state index in [0.29, 0.717) is 5.56 Å². The van der Waals surface area contributed by atoms with Crippen molar-refractivity contribution in [1.29, 1.82) is 5.26 Å². The van der Waals surface area contributed by atoms with Gasteiger partial charge < -0.3 is 0 Å². The molecule has 1 N–H and O–H groups in total. The number of hydrogen-bond acceptors (Lipinski definition) is 3. The van der Waals surface area contributed by atoms with Crippen molar-refractivity contribution in [1.82, 2.24) is 0 Å². The van der Waals surface area contributed by atoms with E-state index in [4.69, 9.17) is 9.81 Å². The van der Waals surface area contributed by atoms with Crippen LogP contribution in [0.3, 0.4) is 0 Å². The van der Waals surface area contributed by atoms with Crippen LogP contribution < -0.4 is 0 Å². The third-order valence-electron chi connectivity index (χ3n) is 1.48. The summed E-state index contributed by atoms with van der Waals surface area (Å²) in [6.07, 6.45) is 0. The summed E-state index contributed by atoms with van der Waals surface area (Å²) in [5, 5.41) is 8.59. The van der Waals surface area contributed by atoms with Gasteiger partial charge in [0.15, 0.2) is 0 Å². The van der Waals surface area contributed by atoms with E-state index >= 15 is 0 Å². The molecule has 1 aromatic carbocycles. The fourth-order valence-electron chi connectivity index (χ4n) is 0.952. The SMILES string of the molecule is N#Cc1ccccc1CS(=O)(=O)O. The summed E-state index contributed by atoms with van der Waals surface area (Å²) >= 11 is 0. The Bertz CT molecular complexity index is 445. The minimum Gasteiger partial charge on any atom is -0.285 e. The second kappa shape index (κ2) is 3.56. The Morgan fingerprint density at radius 3 is 2.54 bits per heavy atom. The van der Waals surface area contributed by atoms with E-state index in [-0.39, 0.29) is 5.56 Å². The lowest BCUT2D eigenvalue weighted by Crippen LogP contribution is -2.03. The number of benzene rings is 1. The highest BCUT2D eigenvalue weighted by atomic mass is 32.2. The van der Waals surface area contributed by atoms with Crippen molar-refractivity contribution < 1.29 is 13.0 Å². The third-order valence-corrected chi connectivity index (χ3v) is 2.15. The van der Waals surface area contributed by atoms with Crippen LogP contribution in [-0.4, -0.2) is 13.0 Å². The first kappa shape index (κ1) is 9.71. The van der Waals surface area contributed by atoms with Gasteiger partial charge in [0.2, 0.25) is 0 Å². The molecule has 0 aliphatic carbocycles. The zero-order chi connectivity index (χ0) is 9.90. The van der Waals surface area contributed by atoms with Gasteiger partial charge in [-0.3, -0.25) is 4.55 Å². The zero-order valence-corrected chi connectivity index (χ0v) is 7.45. The minimum atomic E-state index is -4.06. The van der Waals surface area contributed by atoms with Crippen molar-refractivity contribution in [2.75, 3.05) is 0 Å². The molecule has 0 aliphatic rings. The topological polar surface area (TPSA) is 78.2 Å². The first-order valence-corrected chi connectivity index (χ1v) is 5.07. The predicted molar refractivity (Wildman–Crippen MR) is 46.4 cm³/mol. The predicted octanol–water partition coefficient (Wildman–Crippen LogP) is 0.946. The van der Waals surface area contributed by atoms with Crippen molar-refractivity contribution in [2.45, 2.75) is 5.75 Å². The van der Waals surface area contributed by atoms with E-state index in [1.807, 2.05) is 6.07 Å². The molecule has 4 nitrogen and oxygen atoms in total. The maximum absolute atomic E-state index is 10.5. The van der Waals surface area contributed by atoms with Crippen molar-refractivity contribution in [3.63, 3.8) is 0 Å². The fourth-order valence-corrected chi connectivity index (χ4v) is 1.60. The summed E-state index contributed by atoms with van der Waals surface area (Å²) in [5.74, 6) is -0.517. The highest BCUT2D eigenvalue weighted by molar-refractivity contribution is 7.85. The molecule has 0 radical (unpaired) electrons. The summed E-state index contributed by atoms with van der Waals surface area (Å²) in [7, 11) is -4.06. The van der Waals surface area contributed by atoms with Gasteiger partial charge in [0.25, 0.3) is 10.1 Å². The minimum absolute atomic E-state index is 0.264. The fraction of sp³-hybridized carbons (Fsp3) is 0.125. The van der Waals surface area contributed by atoms with Crippen LogP contribution in [0.1, 0.15) is 11.1 Å². The molecule has 1 rings (SSSR count). The maximum Gasteiger partial charge on any atom is 0.269 e. The van der Waals surface area contributed by atoms with Gasteiger partial charge in [-0.05, 0) is 11.6 Å². The van der Waals surface area contributed by atoms with E-state index < -0.39 is 15.9 Å². The van der Waals surface area contributed by atoms with Crippen LogP contribution in [0.4, 0.5) is 0 Å². The summed E-state index contributed by atoms with van der Waals surface area (Å²) in [6.45, 7) is 0. The molecule has 0 unspecified atom stereocenters. The van der Waals surface area contributed by atoms with Gasteiger partial charge in [-0.25, -0.2) is 0 Å². The van der Waals surface area contributed by atoms with Crippen molar-refractivity contribution in [3.8, 4) is 6.07 Å². The van der Waals surface area contributed by atoms with E-state index in [9.17, 15) is 8.42 Å². The standard InChI is InChI=1S/C8H7NO3S/c9-5-7-3-1-2-4-8(7)6-13(10,11)12/h1-4H,6H2,(H,10,11,12). The molecule has 1 aromatic rings. The molecular formula is C8H7NO3S. The molecule has 0 aliphatic heterocycles. The quantitative estimate of drug-likeness (QED) is 0.716. The largest absolute Gasteiger partial charge is 0.285 e. The summed E-state index contributed by atoms with van der Waals surface area (Å²) in [4.78, 5) is 0. The number of rotatable bonds is 2. The molecular weight excluding hydrogens is 190 g/mol. The molecule has 68 valence electrons. The molecule has 13 heavy (non-hydrogen) atoms. The lowest BCUT2D eigenvalue weighted by Gasteiger charge is -1.99. The van der Waals surface area contributed by atoms with E-state index in [1.54, 1.807) is 12.1 Å². The molecule has 0 heterocycles. The summed E-state index contributed by atoms with van der Waals surface area (Å²) in [6, 6.07) is 8.08. The Morgan fingerprint density at radius 2 is 2.00 bits per heavy atom. The maximum atomic E-state index is 10.5. The molecule has 0 atom stereocenters. The van der Waals surface area contributed by atoms with Crippen molar-refractivity contribution in [2.24, 2.45) is 0 Å². The van der Waals surface area contributed by atoms with Crippen LogP contribution in [0.15, 0.2) is 24.3 Å². The molecule has 0 saturated heterocycles. The highest BCUT2D eigenvalue weighted by Gasteiger charge is 2.09. The van der Waals surface area contributed by atoms with Crippen LogP contribution >= 0.6 is 0 Å².